The molecule has 2 rings (SSSR count). The molecule has 17 heavy (non-hydrogen) atoms. The molecule has 92 valence electrons. The molecule has 1 saturated carbocycles. The number of nitrogens with two attached hydrogens (primary N) is 1. The highest BCUT2D eigenvalue weighted by molar-refractivity contribution is 5.77. The summed E-state index contributed by atoms with van der Waals surface area (Å²) >= 11 is 0. The summed E-state index contributed by atoms with van der Waals surface area (Å²) < 4.78 is 12.8. The molecular formula is C13H18FN2O+. The van der Waals surface area contributed by atoms with Crippen LogP contribution in [0, 0.1) is 5.82 Å². The van der Waals surface area contributed by atoms with Crippen LogP contribution in [0.5, 0.6) is 0 Å². The smallest absolute Gasteiger partial charge is 0.275 e. The predicted octanol–water partition coefficient (Wildman–Crippen LogP) is 0.247. The summed E-state index contributed by atoms with van der Waals surface area (Å²) in [5.41, 5.74) is 6.40. The van der Waals surface area contributed by atoms with E-state index in [1.165, 1.54) is 17.0 Å². The van der Waals surface area contributed by atoms with E-state index in [-0.39, 0.29) is 17.8 Å². The van der Waals surface area contributed by atoms with E-state index < -0.39 is 0 Å². The van der Waals surface area contributed by atoms with E-state index in [1.807, 2.05) is 6.92 Å². The summed E-state index contributed by atoms with van der Waals surface area (Å²) in [6, 6.07) is 6.79. The van der Waals surface area contributed by atoms with E-state index in [2.05, 4.69) is 0 Å². The second-order valence-electron chi connectivity index (χ2n) is 4.78. The van der Waals surface area contributed by atoms with Gasteiger partial charge < -0.3 is 10.6 Å². The quantitative estimate of drug-likeness (QED) is 0.757. The van der Waals surface area contributed by atoms with Crippen LogP contribution in [0.1, 0.15) is 25.3 Å². The average molecular weight is 237 g/mol. The molecule has 1 amide bonds. The van der Waals surface area contributed by atoms with Gasteiger partial charge in [0.2, 0.25) is 0 Å². The van der Waals surface area contributed by atoms with Crippen molar-refractivity contribution in [3.63, 3.8) is 0 Å². The lowest BCUT2D eigenvalue weighted by Crippen LogP contribution is -3.16. The summed E-state index contributed by atoms with van der Waals surface area (Å²) in [7, 11) is 0. The van der Waals surface area contributed by atoms with Gasteiger partial charge in [-0.2, -0.15) is 0 Å². The number of halogens is 1. The lowest BCUT2D eigenvalue weighted by Gasteiger charge is -2.23. The predicted molar refractivity (Wildman–Crippen MR) is 62.7 cm³/mol. The van der Waals surface area contributed by atoms with Crippen LogP contribution in [0.25, 0.3) is 0 Å². The number of nitrogens with one attached hydrogen (secondary N) is 1. The molecule has 3 nitrogen and oxygen atoms in total. The third-order valence-corrected chi connectivity index (χ3v) is 3.41. The first-order chi connectivity index (χ1) is 8.08. The Balaban J connectivity index is 2.07. The first-order valence-corrected chi connectivity index (χ1v) is 5.97. The SMILES string of the molecule is C[C@@H](C(N)=O)[NH+](Cc1ccc(F)cc1)C1CC1. The number of carbonyl (C=O) groups is 1. The lowest BCUT2D eigenvalue weighted by molar-refractivity contribution is -0.938. The highest BCUT2D eigenvalue weighted by atomic mass is 19.1. The molecular weight excluding hydrogens is 219 g/mol. The molecule has 1 fully saturated rings. The highest BCUT2D eigenvalue weighted by Gasteiger charge is 2.38. The zero-order valence-electron chi connectivity index (χ0n) is 9.95. The highest BCUT2D eigenvalue weighted by Crippen LogP contribution is 2.16. The van der Waals surface area contributed by atoms with Gasteiger partial charge in [0, 0.05) is 18.4 Å². The number of hydrogen-bond acceptors (Lipinski definition) is 1. The van der Waals surface area contributed by atoms with Gasteiger partial charge in [0.05, 0.1) is 6.04 Å². The van der Waals surface area contributed by atoms with Crippen molar-refractivity contribution in [3.8, 4) is 0 Å². The minimum Gasteiger partial charge on any atom is -0.365 e. The van der Waals surface area contributed by atoms with Crippen LogP contribution in [0.15, 0.2) is 24.3 Å². The van der Waals surface area contributed by atoms with Crippen LogP contribution >= 0.6 is 0 Å². The Morgan fingerprint density at radius 1 is 1.47 bits per heavy atom. The zero-order chi connectivity index (χ0) is 12.4. The Morgan fingerprint density at radius 2 is 2.06 bits per heavy atom. The topological polar surface area (TPSA) is 47.5 Å². The Kier molecular flexibility index (Phi) is 3.43. The molecule has 3 N–H and O–H groups in total. The van der Waals surface area contributed by atoms with Gasteiger partial charge in [-0.1, -0.05) is 12.1 Å². The van der Waals surface area contributed by atoms with E-state index in [9.17, 15) is 9.18 Å². The Morgan fingerprint density at radius 3 is 2.53 bits per heavy atom. The number of rotatable bonds is 5. The summed E-state index contributed by atoms with van der Waals surface area (Å²) in [4.78, 5) is 12.5. The maximum absolute atomic E-state index is 12.8. The summed E-state index contributed by atoms with van der Waals surface area (Å²) in [6.45, 7) is 2.59. The average Bonchev–Trinajstić information content (AvgIpc) is 3.11. The maximum Gasteiger partial charge on any atom is 0.275 e. The van der Waals surface area contributed by atoms with Crippen LogP contribution in [-0.4, -0.2) is 18.0 Å². The Labute approximate surface area is 100 Å². The van der Waals surface area contributed by atoms with Crippen LogP contribution in [0.3, 0.4) is 0 Å². The van der Waals surface area contributed by atoms with Crippen molar-refractivity contribution in [3.05, 3.63) is 35.6 Å². The monoisotopic (exact) mass is 237 g/mol. The fourth-order valence-electron chi connectivity index (χ4n) is 2.13. The standard InChI is InChI=1S/C13H17FN2O/c1-9(13(15)17)16(12-6-7-12)8-10-2-4-11(14)5-3-10/h2-5,9,12H,6-8H2,1H3,(H2,15,17)/p+1/t9-/m0/s1. The van der Waals surface area contributed by atoms with Crippen molar-refractivity contribution in [1.82, 2.24) is 0 Å². The van der Waals surface area contributed by atoms with Gasteiger partial charge in [0.15, 0.2) is 6.04 Å². The largest absolute Gasteiger partial charge is 0.365 e. The van der Waals surface area contributed by atoms with E-state index >= 15 is 0 Å². The molecule has 4 heteroatoms. The second kappa shape index (κ2) is 4.84. The van der Waals surface area contributed by atoms with Crippen LogP contribution in [0.4, 0.5) is 4.39 Å². The van der Waals surface area contributed by atoms with Crippen molar-refractivity contribution < 1.29 is 14.1 Å². The summed E-state index contributed by atoms with van der Waals surface area (Å²) in [5, 5.41) is 0. The van der Waals surface area contributed by atoms with Gasteiger partial charge >= 0.3 is 0 Å². The Hall–Kier alpha value is -1.42. The summed E-state index contributed by atoms with van der Waals surface area (Å²) in [6.07, 6.45) is 2.29. The van der Waals surface area contributed by atoms with Gasteiger partial charge in [0.1, 0.15) is 12.4 Å². The number of carbonyl (C=O) groups excluding carboxylic acids is 1. The van der Waals surface area contributed by atoms with Gasteiger partial charge in [-0.15, -0.1) is 0 Å². The number of amides is 1. The van der Waals surface area contributed by atoms with E-state index in [1.54, 1.807) is 12.1 Å². The minimum absolute atomic E-state index is 0.187. The second-order valence-corrected chi connectivity index (χ2v) is 4.78. The molecule has 0 saturated heterocycles. The van der Waals surface area contributed by atoms with Crippen molar-refractivity contribution in [2.45, 2.75) is 38.4 Å². The lowest BCUT2D eigenvalue weighted by atomic mass is 10.1. The molecule has 0 aromatic heterocycles. The minimum atomic E-state index is -0.269. The summed E-state index contributed by atoms with van der Waals surface area (Å²) in [5.74, 6) is -0.501. The van der Waals surface area contributed by atoms with Crippen LogP contribution in [-0.2, 0) is 11.3 Å². The molecule has 0 bridgehead atoms. The molecule has 1 aromatic carbocycles. The van der Waals surface area contributed by atoms with Gasteiger partial charge in [-0.3, -0.25) is 4.79 Å². The van der Waals surface area contributed by atoms with Crippen molar-refractivity contribution >= 4 is 5.91 Å². The fraction of sp³-hybridized carbons (Fsp3) is 0.462. The van der Waals surface area contributed by atoms with Crippen molar-refractivity contribution in [2.75, 3.05) is 0 Å². The van der Waals surface area contributed by atoms with Crippen LogP contribution in [0.2, 0.25) is 0 Å². The molecule has 1 aliphatic carbocycles. The van der Waals surface area contributed by atoms with Gasteiger partial charge in [-0.25, -0.2) is 4.39 Å². The van der Waals surface area contributed by atoms with Crippen LogP contribution < -0.4 is 10.6 Å². The number of primary amides is 1. The molecule has 0 aliphatic heterocycles. The molecule has 1 aromatic rings. The molecule has 0 spiro atoms. The van der Waals surface area contributed by atoms with E-state index in [0.717, 1.165) is 24.9 Å². The molecule has 0 heterocycles. The van der Waals surface area contributed by atoms with Crippen molar-refractivity contribution in [2.24, 2.45) is 5.73 Å². The molecule has 1 unspecified atom stereocenters. The number of hydrogen-bond donors (Lipinski definition) is 2. The third-order valence-electron chi connectivity index (χ3n) is 3.41. The van der Waals surface area contributed by atoms with Gasteiger partial charge in [-0.05, 0) is 19.1 Å². The normalized spacial score (nSPS) is 18.7. The number of quaternary nitrogens is 1. The van der Waals surface area contributed by atoms with Gasteiger partial charge in [0.25, 0.3) is 5.91 Å². The molecule has 1 aliphatic rings. The zero-order valence-corrected chi connectivity index (χ0v) is 9.95. The maximum atomic E-state index is 12.8. The number of benzene rings is 1. The molecule has 2 atom stereocenters. The molecule has 0 radical (unpaired) electrons. The first-order valence-electron chi connectivity index (χ1n) is 5.97. The Bertz CT molecular complexity index is 400. The fourth-order valence-corrected chi connectivity index (χ4v) is 2.13. The first kappa shape index (κ1) is 12.0. The van der Waals surface area contributed by atoms with E-state index in [4.69, 9.17) is 5.73 Å². The third kappa shape index (κ3) is 3.03. The van der Waals surface area contributed by atoms with E-state index in [0.29, 0.717) is 6.04 Å². The van der Waals surface area contributed by atoms with Crippen molar-refractivity contribution in [1.29, 1.82) is 0 Å².